The number of carbonyl (C=O) groups excluding carboxylic acids is 3. The van der Waals surface area contributed by atoms with Crippen molar-refractivity contribution in [2.45, 2.75) is 51.9 Å². The molecule has 0 aromatic heterocycles. The Morgan fingerprint density at radius 3 is 2.77 bits per heavy atom. The quantitative estimate of drug-likeness (QED) is 0.643. The van der Waals surface area contributed by atoms with Crippen molar-refractivity contribution >= 4 is 17.7 Å². The second-order valence-electron chi connectivity index (χ2n) is 7.43. The third kappa shape index (κ3) is 3.78. The zero-order chi connectivity index (χ0) is 18.8. The van der Waals surface area contributed by atoms with E-state index < -0.39 is 6.04 Å². The number of benzene rings is 1. The van der Waals surface area contributed by atoms with E-state index in [-0.39, 0.29) is 30.2 Å². The van der Waals surface area contributed by atoms with Crippen LogP contribution in [0.15, 0.2) is 18.2 Å². The molecule has 3 rings (SSSR count). The van der Waals surface area contributed by atoms with Crippen molar-refractivity contribution < 1.29 is 14.4 Å². The molecule has 0 spiro atoms. The number of imide groups is 1. The molecule has 2 atom stereocenters. The standard InChI is InChI=1S/C19H26N4O3/c1-11(2)15(20)9-21-8-12-3-4-14-13(7-12)10-23(19(14)26)16-5-6-17(24)22-18(16)25/h3-4,7,11,15-16,21H,5-6,8-10,20H2,1-2H3,(H,22,24,25). The first-order chi connectivity index (χ1) is 12.4. The largest absolute Gasteiger partial charge is 0.326 e. The summed E-state index contributed by atoms with van der Waals surface area (Å²) in [7, 11) is 0. The molecule has 1 saturated heterocycles. The highest BCUT2D eigenvalue weighted by molar-refractivity contribution is 6.05. The Hall–Kier alpha value is -2.25. The molecule has 0 aliphatic carbocycles. The summed E-state index contributed by atoms with van der Waals surface area (Å²) in [5.74, 6) is -0.381. The van der Waals surface area contributed by atoms with Crippen LogP contribution in [-0.4, -0.2) is 41.2 Å². The number of fused-ring (bicyclic) bond motifs is 1. The van der Waals surface area contributed by atoms with Gasteiger partial charge >= 0.3 is 0 Å². The van der Waals surface area contributed by atoms with Gasteiger partial charge in [-0.3, -0.25) is 19.7 Å². The molecule has 1 fully saturated rings. The van der Waals surface area contributed by atoms with Crippen LogP contribution in [0.1, 0.15) is 48.2 Å². The van der Waals surface area contributed by atoms with Crippen molar-refractivity contribution in [3.63, 3.8) is 0 Å². The van der Waals surface area contributed by atoms with E-state index in [9.17, 15) is 14.4 Å². The lowest BCUT2D eigenvalue weighted by molar-refractivity contribution is -0.136. The van der Waals surface area contributed by atoms with Crippen molar-refractivity contribution in [3.8, 4) is 0 Å². The maximum Gasteiger partial charge on any atom is 0.255 e. The minimum Gasteiger partial charge on any atom is -0.326 e. The summed E-state index contributed by atoms with van der Waals surface area (Å²) in [6.07, 6.45) is 0.647. The van der Waals surface area contributed by atoms with E-state index in [0.29, 0.717) is 31.0 Å². The van der Waals surface area contributed by atoms with Crippen molar-refractivity contribution in [1.82, 2.24) is 15.5 Å². The number of rotatable bonds is 6. The Morgan fingerprint density at radius 2 is 2.08 bits per heavy atom. The second-order valence-corrected chi connectivity index (χ2v) is 7.43. The Bertz CT molecular complexity index is 731. The Morgan fingerprint density at radius 1 is 1.31 bits per heavy atom. The van der Waals surface area contributed by atoms with Crippen molar-refractivity contribution in [2.24, 2.45) is 11.7 Å². The zero-order valence-corrected chi connectivity index (χ0v) is 15.2. The van der Waals surface area contributed by atoms with E-state index in [1.807, 2.05) is 18.2 Å². The van der Waals surface area contributed by atoms with Gasteiger partial charge in [-0.15, -0.1) is 0 Å². The molecule has 1 aromatic rings. The molecule has 3 amide bonds. The molecule has 7 heteroatoms. The number of nitrogens with one attached hydrogen (secondary N) is 2. The van der Waals surface area contributed by atoms with E-state index in [2.05, 4.69) is 24.5 Å². The van der Waals surface area contributed by atoms with Crippen LogP contribution in [0.4, 0.5) is 0 Å². The first-order valence-electron chi connectivity index (χ1n) is 9.09. The normalized spacial score (nSPS) is 21.2. The van der Waals surface area contributed by atoms with Gasteiger partial charge in [-0.1, -0.05) is 26.0 Å². The fraction of sp³-hybridized carbons (Fsp3) is 0.526. The molecular weight excluding hydrogens is 332 g/mol. The molecule has 2 heterocycles. The van der Waals surface area contributed by atoms with Gasteiger partial charge in [0.05, 0.1) is 0 Å². The maximum absolute atomic E-state index is 12.6. The average Bonchev–Trinajstić information content (AvgIpc) is 2.91. The van der Waals surface area contributed by atoms with Crippen LogP contribution < -0.4 is 16.4 Å². The monoisotopic (exact) mass is 358 g/mol. The topological polar surface area (TPSA) is 105 Å². The van der Waals surface area contributed by atoms with E-state index in [4.69, 9.17) is 5.73 Å². The molecular formula is C19H26N4O3. The van der Waals surface area contributed by atoms with Crippen LogP contribution >= 0.6 is 0 Å². The third-order valence-corrected chi connectivity index (χ3v) is 5.15. The van der Waals surface area contributed by atoms with Gasteiger partial charge in [-0.25, -0.2) is 0 Å². The third-order valence-electron chi connectivity index (χ3n) is 5.15. The highest BCUT2D eigenvalue weighted by atomic mass is 16.2. The zero-order valence-electron chi connectivity index (χ0n) is 15.2. The molecule has 0 bridgehead atoms. The van der Waals surface area contributed by atoms with Crippen LogP contribution in [-0.2, 0) is 22.7 Å². The Balaban J connectivity index is 1.65. The molecule has 2 unspecified atom stereocenters. The molecule has 0 radical (unpaired) electrons. The summed E-state index contributed by atoms with van der Waals surface area (Å²) in [5.41, 5.74) is 8.68. The lowest BCUT2D eigenvalue weighted by atomic mass is 10.0. The van der Waals surface area contributed by atoms with Gasteiger partial charge in [0, 0.05) is 37.7 Å². The Labute approximate surface area is 153 Å². The van der Waals surface area contributed by atoms with Crippen LogP contribution in [0.25, 0.3) is 0 Å². The van der Waals surface area contributed by atoms with E-state index >= 15 is 0 Å². The van der Waals surface area contributed by atoms with E-state index in [1.165, 1.54) is 0 Å². The fourth-order valence-electron chi connectivity index (χ4n) is 3.36. The van der Waals surface area contributed by atoms with Crippen molar-refractivity contribution in [2.75, 3.05) is 6.54 Å². The highest BCUT2D eigenvalue weighted by Crippen LogP contribution is 2.28. The predicted molar refractivity (Wildman–Crippen MR) is 97.0 cm³/mol. The average molecular weight is 358 g/mol. The molecule has 4 N–H and O–H groups in total. The van der Waals surface area contributed by atoms with Crippen LogP contribution in [0.2, 0.25) is 0 Å². The minimum atomic E-state index is -0.571. The fourth-order valence-corrected chi connectivity index (χ4v) is 3.36. The molecule has 140 valence electrons. The van der Waals surface area contributed by atoms with Gasteiger partial charge in [0.25, 0.3) is 5.91 Å². The van der Waals surface area contributed by atoms with E-state index in [1.54, 1.807) is 4.90 Å². The maximum atomic E-state index is 12.6. The smallest absolute Gasteiger partial charge is 0.255 e. The lowest BCUT2D eigenvalue weighted by Crippen LogP contribution is -2.52. The molecule has 2 aliphatic heterocycles. The van der Waals surface area contributed by atoms with Gasteiger partial charge in [0.2, 0.25) is 11.8 Å². The first-order valence-corrected chi connectivity index (χ1v) is 9.09. The first kappa shape index (κ1) is 18.5. The highest BCUT2D eigenvalue weighted by Gasteiger charge is 2.38. The Kier molecular flexibility index (Phi) is 5.38. The van der Waals surface area contributed by atoms with Gasteiger partial charge in [0.1, 0.15) is 6.04 Å². The lowest BCUT2D eigenvalue weighted by Gasteiger charge is -2.29. The number of nitrogens with zero attached hydrogens (tertiary/aromatic N) is 1. The number of hydrogen-bond acceptors (Lipinski definition) is 5. The second kappa shape index (κ2) is 7.55. The van der Waals surface area contributed by atoms with Gasteiger partial charge in [-0.2, -0.15) is 0 Å². The molecule has 1 aromatic carbocycles. The summed E-state index contributed by atoms with van der Waals surface area (Å²) < 4.78 is 0. The van der Waals surface area contributed by atoms with Gasteiger partial charge in [-0.05, 0) is 29.5 Å². The van der Waals surface area contributed by atoms with Gasteiger partial charge < -0.3 is 16.0 Å². The van der Waals surface area contributed by atoms with Crippen LogP contribution in [0.5, 0.6) is 0 Å². The van der Waals surface area contributed by atoms with Crippen molar-refractivity contribution in [3.05, 3.63) is 34.9 Å². The number of carbonyl (C=O) groups is 3. The summed E-state index contributed by atoms with van der Waals surface area (Å²) in [6, 6.07) is 5.29. The molecule has 0 saturated carbocycles. The number of hydrogen-bond donors (Lipinski definition) is 3. The summed E-state index contributed by atoms with van der Waals surface area (Å²) in [6.45, 7) is 6.00. The minimum absolute atomic E-state index is 0.106. The molecule has 7 nitrogen and oxygen atoms in total. The van der Waals surface area contributed by atoms with Crippen molar-refractivity contribution in [1.29, 1.82) is 0 Å². The predicted octanol–water partition coefficient (Wildman–Crippen LogP) is 0.521. The van der Waals surface area contributed by atoms with Crippen LogP contribution in [0.3, 0.4) is 0 Å². The van der Waals surface area contributed by atoms with Crippen LogP contribution in [0, 0.1) is 5.92 Å². The summed E-state index contributed by atoms with van der Waals surface area (Å²) in [5, 5.41) is 5.67. The summed E-state index contributed by atoms with van der Waals surface area (Å²) >= 11 is 0. The molecule has 26 heavy (non-hydrogen) atoms. The number of nitrogens with two attached hydrogens (primary N) is 1. The van der Waals surface area contributed by atoms with E-state index in [0.717, 1.165) is 17.7 Å². The number of amides is 3. The SMILES string of the molecule is CC(C)C(N)CNCc1ccc2c(c1)CN(C1CCC(=O)NC1=O)C2=O. The van der Waals surface area contributed by atoms with Gasteiger partial charge in [0.15, 0.2) is 0 Å². The summed E-state index contributed by atoms with van der Waals surface area (Å²) in [4.78, 5) is 37.6. The number of piperidine rings is 1. The molecule has 2 aliphatic rings.